The van der Waals surface area contributed by atoms with Gasteiger partial charge in [-0.15, -0.1) is 0 Å². The highest BCUT2D eigenvalue weighted by Gasteiger charge is 2.19. The van der Waals surface area contributed by atoms with E-state index in [4.69, 9.17) is 11.0 Å². The summed E-state index contributed by atoms with van der Waals surface area (Å²) >= 11 is 0. The number of amides is 2. The Kier molecular flexibility index (Phi) is 4.95. The van der Waals surface area contributed by atoms with E-state index in [2.05, 4.69) is 5.32 Å². The van der Waals surface area contributed by atoms with Crippen LogP contribution in [0.3, 0.4) is 0 Å². The van der Waals surface area contributed by atoms with Gasteiger partial charge in [-0.1, -0.05) is 42.5 Å². The maximum Gasteiger partial charge on any atom is 0.251 e. The molecular weight excluding hydrogens is 326 g/mol. The summed E-state index contributed by atoms with van der Waals surface area (Å²) in [5, 5.41) is 13.5. The maximum atomic E-state index is 12.5. The number of nitrogens with two attached hydrogens (primary N) is 1. The summed E-state index contributed by atoms with van der Waals surface area (Å²) < 4.78 is 0. The molecule has 3 aromatic rings. The van der Waals surface area contributed by atoms with Crippen molar-refractivity contribution in [2.45, 2.75) is 12.5 Å². The van der Waals surface area contributed by atoms with Gasteiger partial charge in [0.15, 0.2) is 0 Å². The van der Waals surface area contributed by atoms with Gasteiger partial charge in [-0.05, 0) is 40.6 Å². The highest BCUT2D eigenvalue weighted by molar-refractivity contribution is 6.00. The van der Waals surface area contributed by atoms with Crippen LogP contribution in [0.4, 0.5) is 0 Å². The molecule has 0 aliphatic heterocycles. The molecule has 0 saturated heterocycles. The van der Waals surface area contributed by atoms with Gasteiger partial charge in [-0.2, -0.15) is 5.26 Å². The number of carbonyl (C=O) groups excluding carboxylic acids is 2. The average molecular weight is 343 g/mol. The number of nitrogens with one attached hydrogen (secondary N) is 1. The van der Waals surface area contributed by atoms with Crippen LogP contribution in [0.1, 0.15) is 21.5 Å². The van der Waals surface area contributed by atoms with Gasteiger partial charge in [0.1, 0.15) is 6.04 Å². The van der Waals surface area contributed by atoms with Crippen LogP contribution in [0.25, 0.3) is 10.8 Å². The molecule has 2 amide bonds. The minimum atomic E-state index is -0.832. The maximum absolute atomic E-state index is 12.5. The summed E-state index contributed by atoms with van der Waals surface area (Å²) in [5.41, 5.74) is 7.26. The second-order valence-electron chi connectivity index (χ2n) is 6.00. The predicted octanol–water partition coefficient (Wildman–Crippen LogP) is 2.54. The minimum absolute atomic E-state index is 0.264. The summed E-state index contributed by atoms with van der Waals surface area (Å²) in [4.78, 5) is 24.3. The molecule has 3 rings (SSSR count). The average Bonchev–Trinajstić information content (AvgIpc) is 2.67. The molecule has 0 aliphatic rings. The zero-order valence-corrected chi connectivity index (χ0v) is 14.0. The lowest BCUT2D eigenvalue weighted by Gasteiger charge is -2.16. The molecular formula is C21H17N3O2. The predicted molar refractivity (Wildman–Crippen MR) is 99.3 cm³/mol. The fourth-order valence-electron chi connectivity index (χ4n) is 2.75. The van der Waals surface area contributed by atoms with Crippen LogP contribution in [0, 0.1) is 11.3 Å². The van der Waals surface area contributed by atoms with Crippen molar-refractivity contribution in [3.8, 4) is 6.07 Å². The molecule has 128 valence electrons. The van der Waals surface area contributed by atoms with E-state index in [9.17, 15) is 9.59 Å². The van der Waals surface area contributed by atoms with Gasteiger partial charge in [-0.3, -0.25) is 9.59 Å². The normalized spacial score (nSPS) is 11.5. The number of hydrogen-bond acceptors (Lipinski definition) is 3. The first-order valence-corrected chi connectivity index (χ1v) is 8.15. The molecule has 0 radical (unpaired) electrons. The van der Waals surface area contributed by atoms with Crippen LogP contribution in [0.5, 0.6) is 0 Å². The first-order chi connectivity index (χ1) is 12.6. The molecule has 3 aromatic carbocycles. The third kappa shape index (κ3) is 3.87. The lowest BCUT2D eigenvalue weighted by Crippen LogP contribution is -2.45. The summed E-state index contributed by atoms with van der Waals surface area (Å²) in [6.07, 6.45) is 0.264. The lowest BCUT2D eigenvalue weighted by molar-refractivity contribution is -0.119. The van der Waals surface area contributed by atoms with Crippen molar-refractivity contribution in [3.05, 3.63) is 83.4 Å². The summed E-state index contributed by atoms with van der Waals surface area (Å²) in [6.45, 7) is 0. The zero-order valence-electron chi connectivity index (χ0n) is 14.0. The van der Waals surface area contributed by atoms with Crippen molar-refractivity contribution in [2.24, 2.45) is 5.73 Å². The Morgan fingerprint density at radius 3 is 2.35 bits per heavy atom. The van der Waals surface area contributed by atoms with Gasteiger partial charge in [0.05, 0.1) is 11.6 Å². The smallest absolute Gasteiger partial charge is 0.251 e. The van der Waals surface area contributed by atoms with Gasteiger partial charge >= 0.3 is 0 Å². The molecule has 1 atom stereocenters. The van der Waals surface area contributed by atoms with E-state index in [1.165, 1.54) is 0 Å². The third-order valence-electron chi connectivity index (χ3n) is 4.18. The Bertz CT molecular complexity index is 1000. The number of hydrogen-bond donors (Lipinski definition) is 2. The van der Waals surface area contributed by atoms with Crippen molar-refractivity contribution >= 4 is 22.6 Å². The molecule has 0 saturated carbocycles. The van der Waals surface area contributed by atoms with Crippen LogP contribution in [0.2, 0.25) is 0 Å². The van der Waals surface area contributed by atoms with E-state index in [0.29, 0.717) is 11.1 Å². The van der Waals surface area contributed by atoms with Crippen LogP contribution >= 0.6 is 0 Å². The third-order valence-corrected chi connectivity index (χ3v) is 4.18. The number of rotatable bonds is 5. The SMILES string of the molecule is N#Cc1ccc(C[C@@H](NC(=O)c2ccc3ccccc3c2)C(N)=O)cc1. The van der Waals surface area contributed by atoms with Crippen LogP contribution in [-0.2, 0) is 11.2 Å². The highest BCUT2D eigenvalue weighted by Crippen LogP contribution is 2.16. The standard InChI is InChI=1S/C21H17N3O2/c22-13-15-7-5-14(6-8-15)11-19(20(23)25)24-21(26)18-10-9-16-3-1-2-4-17(16)12-18/h1-10,12,19H,11H2,(H2,23,25)(H,24,26)/t19-/m1/s1. The molecule has 0 heterocycles. The van der Waals surface area contributed by atoms with Crippen molar-refractivity contribution in [3.63, 3.8) is 0 Å². The Labute approximate surface area is 151 Å². The van der Waals surface area contributed by atoms with E-state index in [1.807, 2.05) is 36.4 Å². The molecule has 26 heavy (non-hydrogen) atoms. The van der Waals surface area contributed by atoms with E-state index in [-0.39, 0.29) is 12.3 Å². The first kappa shape index (κ1) is 17.2. The molecule has 0 aromatic heterocycles. The summed E-state index contributed by atoms with van der Waals surface area (Å²) in [6, 6.07) is 21.1. The largest absolute Gasteiger partial charge is 0.368 e. The van der Waals surface area contributed by atoms with Crippen LogP contribution < -0.4 is 11.1 Å². The summed E-state index contributed by atoms with van der Waals surface area (Å²) in [7, 11) is 0. The Balaban J connectivity index is 1.76. The Hall–Kier alpha value is -3.65. The second-order valence-corrected chi connectivity index (χ2v) is 6.00. The molecule has 5 heteroatoms. The van der Waals surface area contributed by atoms with E-state index < -0.39 is 11.9 Å². The fourth-order valence-corrected chi connectivity index (χ4v) is 2.75. The van der Waals surface area contributed by atoms with Crippen molar-refractivity contribution in [1.29, 1.82) is 5.26 Å². The van der Waals surface area contributed by atoms with E-state index >= 15 is 0 Å². The summed E-state index contributed by atoms with van der Waals surface area (Å²) in [5.74, 6) is -0.961. The molecule has 0 unspecified atom stereocenters. The number of carbonyl (C=O) groups is 2. The monoisotopic (exact) mass is 343 g/mol. The van der Waals surface area contributed by atoms with E-state index in [0.717, 1.165) is 16.3 Å². The number of nitrogens with zero attached hydrogens (tertiary/aromatic N) is 1. The topological polar surface area (TPSA) is 96.0 Å². The van der Waals surface area contributed by atoms with Crippen molar-refractivity contribution in [1.82, 2.24) is 5.32 Å². The fraction of sp³-hybridized carbons (Fsp3) is 0.0952. The zero-order chi connectivity index (χ0) is 18.5. The van der Waals surface area contributed by atoms with E-state index in [1.54, 1.807) is 36.4 Å². The number of primary amides is 1. The highest BCUT2D eigenvalue weighted by atomic mass is 16.2. The number of nitriles is 1. The van der Waals surface area contributed by atoms with Gasteiger partial charge in [0, 0.05) is 12.0 Å². The van der Waals surface area contributed by atoms with Gasteiger partial charge in [-0.25, -0.2) is 0 Å². The Morgan fingerprint density at radius 2 is 1.69 bits per heavy atom. The number of fused-ring (bicyclic) bond motifs is 1. The number of benzene rings is 3. The molecule has 0 fully saturated rings. The van der Waals surface area contributed by atoms with Gasteiger partial charge in [0.25, 0.3) is 5.91 Å². The van der Waals surface area contributed by atoms with Gasteiger partial charge < -0.3 is 11.1 Å². The molecule has 0 aliphatic carbocycles. The van der Waals surface area contributed by atoms with Crippen molar-refractivity contribution in [2.75, 3.05) is 0 Å². The van der Waals surface area contributed by atoms with Crippen LogP contribution in [-0.4, -0.2) is 17.9 Å². The molecule has 3 N–H and O–H groups in total. The molecule has 0 spiro atoms. The van der Waals surface area contributed by atoms with Crippen LogP contribution in [0.15, 0.2) is 66.7 Å². The minimum Gasteiger partial charge on any atom is -0.368 e. The molecule has 5 nitrogen and oxygen atoms in total. The first-order valence-electron chi connectivity index (χ1n) is 8.15. The van der Waals surface area contributed by atoms with Crippen molar-refractivity contribution < 1.29 is 9.59 Å². The lowest BCUT2D eigenvalue weighted by atomic mass is 10.0. The molecule has 0 bridgehead atoms. The van der Waals surface area contributed by atoms with Gasteiger partial charge in [0.2, 0.25) is 5.91 Å². The second kappa shape index (κ2) is 7.49. The Morgan fingerprint density at radius 1 is 1.00 bits per heavy atom. The quantitative estimate of drug-likeness (QED) is 0.745.